The molecule has 0 spiro atoms. The molecule has 1 N–H and O–H groups in total. The number of hydrogen-bond donors (Lipinski definition) is 1. The number of para-hydroxylation sites is 1. The fourth-order valence-electron chi connectivity index (χ4n) is 1.90. The molecule has 1 aromatic carbocycles. The number of nitrogens with one attached hydrogen (secondary N) is 1. The smallest absolute Gasteiger partial charge is 0.275 e. The van der Waals surface area contributed by atoms with Crippen LogP contribution in [0, 0.1) is 6.92 Å². The van der Waals surface area contributed by atoms with E-state index in [1.165, 1.54) is 16.0 Å². The van der Waals surface area contributed by atoms with Crippen molar-refractivity contribution in [2.45, 2.75) is 6.92 Å². The van der Waals surface area contributed by atoms with Crippen molar-refractivity contribution in [3.05, 3.63) is 41.7 Å². The van der Waals surface area contributed by atoms with E-state index in [-0.39, 0.29) is 5.91 Å². The molecule has 0 aliphatic heterocycles. The maximum atomic E-state index is 12.1. The number of rotatable bonds is 2. The van der Waals surface area contributed by atoms with Crippen LogP contribution in [0.1, 0.15) is 16.1 Å². The topological polar surface area (TPSA) is 59.8 Å². The van der Waals surface area contributed by atoms with E-state index in [0.29, 0.717) is 10.8 Å². The van der Waals surface area contributed by atoms with E-state index in [0.717, 1.165) is 15.8 Å². The summed E-state index contributed by atoms with van der Waals surface area (Å²) in [6.07, 6.45) is 1.59. The Kier molecular flexibility index (Phi) is 2.79. The number of thiazole rings is 1. The van der Waals surface area contributed by atoms with Gasteiger partial charge in [0.25, 0.3) is 5.91 Å². The zero-order chi connectivity index (χ0) is 13.4. The molecule has 0 radical (unpaired) electrons. The molecule has 0 unspecified atom stereocenters. The van der Waals surface area contributed by atoms with Gasteiger partial charge in [-0.05, 0) is 24.6 Å². The predicted octanol–water partition coefficient (Wildman–Crippen LogP) is 2.59. The Morgan fingerprint density at radius 2 is 2.21 bits per heavy atom. The summed E-state index contributed by atoms with van der Waals surface area (Å²) in [5.74, 6) is -0.197. The zero-order valence-electron chi connectivity index (χ0n) is 10.5. The molecule has 5 nitrogen and oxygen atoms in total. The number of carbonyl (C=O) groups excluding carboxylic acids is 1. The summed E-state index contributed by atoms with van der Waals surface area (Å²) in [6, 6.07) is 7.67. The van der Waals surface area contributed by atoms with Crippen LogP contribution in [0.25, 0.3) is 10.2 Å². The number of aromatic nitrogens is 3. The zero-order valence-corrected chi connectivity index (χ0v) is 11.4. The monoisotopic (exact) mass is 272 g/mol. The third-order valence-corrected chi connectivity index (χ3v) is 3.83. The quantitative estimate of drug-likeness (QED) is 0.780. The molecule has 0 saturated heterocycles. The van der Waals surface area contributed by atoms with E-state index in [2.05, 4.69) is 15.4 Å². The fraction of sp³-hybridized carbons (Fsp3) is 0.154. The first-order valence-electron chi connectivity index (χ1n) is 5.80. The van der Waals surface area contributed by atoms with Gasteiger partial charge in [-0.2, -0.15) is 5.10 Å². The molecule has 0 aliphatic carbocycles. The van der Waals surface area contributed by atoms with Crippen LogP contribution in [0.15, 0.2) is 30.5 Å². The van der Waals surface area contributed by atoms with Gasteiger partial charge >= 0.3 is 0 Å². The molecule has 1 amide bonds. The van der Waals surface area contributed by atoms with Crippen molar-refractivity contribution in [1.29, 1.82) is 0 Å². The largest absolute Gasteiger partial charge is 0.296 e. The van der Waals surface area contributed by atoms with E-state index in [4.69, 9.17) is 0 Å². The second-order valence-electron chi connectivity index (χ2n) is 4.23. The number of hydrogen-bond acceptors (Lipinski definition) is 4. The van der Waals surface area contributed by atoms with Gasteiger partial charge in [0.05, 0.1) is 10.2 Å². The number of carbonyl (C=O) groups is 1. The number of nitrogens with zero attached hydrogens (tertiary/aromatic N) is 3. The minimum Gasteiger partial charge on any atom is -0.296 e. The molecule has 2 aromatic heterocycles. The van der Waals surface area contributed by atoms with E-state index >= 15 is 0 Å². The van der Waals surface area contributed by atoms with Crippen LogP contribution >= 0.6 is 11.3 Å². The van der Waals surface area contributed by atoms with Crippen molar-refractivity contribution in [2.75, 3.05) is 5.32 Å². The number of anilines is 1. The molecular weight excluding hydrogens is 260 g/mol. The molecule has 3 aromatic rings. The standard InChI is InChI=1S/C13H12N4OS/c1-8-4-3-5-10-11(8)15-13(19-10)16-12(18)9-6-7-14-17(9)2/h3-7H,1-2H3,(H,15,16,18). The highest BCUT2D eigenvalue weighted by Gasteiger charge is 2.13. The summed E-state index contributed by atoms with van der Waals surface area (Å²) in [7, 11) is 1.73. The molecule has 0 atom stereocenters. The Hall–Kier alpha value is -2.21. The minimum absolute atomic E-state index is 0.197. The van der Waals surface area contributed by atoms with Gasteiger partial charge in [0, 0.05) is 13.2 Å². The van der Waals surface area contributed by atoms with Gasteiger partial charge in [-0.15, -0.1) is 0 Å². The lowest BCUT2D eigenvalue weighted by Gasteiger charge is -2.00. The Balaban J connectivity index is 1.92. The summed E-state index contributed by atoms with van der Waals surface area (Å²) in [5.41, 5.74) is 2.55. The van der Waals surface area contributed by atoms with E-state index < -0.39 is 0 Å². The summed E-state index contributed by atoms with van der Waals surface area (Å²) >= 11 is 1.47. The average molecular weight is 272 g/mol. The molecular formula is C13H12N4OS. The third kappa shape index (κ3) is 2.10. The van der Waals surface area contributed by atoms with Crippen molar-refractivity contribution in [3.63, 3.8) is 0 Å². The van der Waals surface area contributed by atoms with Crippen molar-refractivity contribution in [1.82, 2.24) is 14.8 Å². The highest BCUT2D eigenvalue weighted by molar-refractivity contribution is 7.22. The van der Waals surface area contributed by atoms with Crippen molar-refractivity contribution in [2.24, 2.45) is 7.05 Å². The van der Waals surface area contributed by atoms with Gasteiger partial charge in [-0.3, -0.25) is 14.8 Å². The molecule has 0 bridgehead atoms. The van der Waals surface area contributed by atoms with Crippen molar-refractivity contribution >= 4 is 32.6 Å². The summed E-state index contributed by atoms with van der Waals surface area (Å²) < 4.78 is 2.61. The molecule has 0 saturated carbocycles. The van der Waals surface area contributed by atoms with Crippen molar-refractivity contribution in [3.8, 4) is 0 Å². The average Bonchev–Trinajstić information content (AvgIpc) is 2.95. The first-order valence-corrected chi connectivity index (χ1v) is 6.62. The van der Waals surface area contributed by atoms with Gasteiger partial charge in [0.2, 0.25) is 0 Å². The van der Waals surface area contributed by atoms with Gasteiger partial charge in [0.1, 0.15) is 5.69 Å². The minimum atomic E-state index is -0.197. The summed E-state index contributed by atoms with van der Waals surface area (Å²) in [5, 5.41) is 7.39. The number of fused-ring (bicyclic) bond motifs is 1. The highest BCUT2D eigenvalue weighted by Crippen LogP contribution is 2.28. The van der Waals surface area contributed by atoms with Gasteiger partial charge < -0.3 is 0 Å². The predicted molar refractivity (Wildman–Crippen MR) is 75.5 cm³/mol. The first kappa shape index (κ1) is 11.9. The van der Waals surface area contributed by atoms with Crippen LogP contribution in [-0.4, -0.2) is 20.7 Å². The molecule has 3 rings (SSSR count). The number of aryl methyl sites for hydroxylation is 2. The summed E-state index contributed by atoms with van der Waals surface area (Å²) in [6.45, 7) is 2.01. The number of benzene rings is 1. The molecule has 0 fully saturated rings. The second kappa shape index (κ2) is 4.47. The van der Waals surface area contributed by atoms with Crippen LogP contribution in [0.2, 0.25) is 0 Å². The van der Waals surface area contributed by atoms with Crippen molar-refractivity contribution < 1.29 is 4.79 Å². The van der Waals surface area contributed by atoms with Gasteiger partial charge in [-0.25, -0.2) is 4.98 Å². The maximum Gasteiger partial charge on any atom is 0.275 e. The number of amides is 1. The Morgan fingerprint density at radius 1 is 1.37 bits per heavy atom. The summed E-state index contributed by atoms with van der Waals surface area (Å²) in [4.78, 5) is 16.5. The first-order chi connectivity index (χ1) is 9.15. The van der Waals surface area contributed by atoms with Crippen LogP contribution < -0.4 is 5.32 Å². The van der Waals surface area contributed by atoms with Crippen LogP contribution in [0.4, 0.5) is 5.13 Å². The lowest BCUT2D eigenvalue weighted by atomic mass is 10.2. The lowest BCUT2D eigenvalue weighted by Crippen LogP contribution is -2.15. The lowest BCUT2D eigenvalue weighted by molar-refractivity contribution is 0.101. The highest BCUT2D eigenvalue weighted by atomic mass is 32.1. The van der Waals surface area contributed by atoms with Crippen LogP contribution in [0.3, 0.4) is 0 Å². The molecule has 6 heteroatoms. The SMILES string of the molecule is Cc1cccc2sc(NC(=O)c3ccnn3C)nc12. The molecule has 19 heavy (non-hydrogen) atoms. The van der Waals surface area contributed by atoms with Crippen LogP contribution in [-0.2, 0) is 7.05 Å². The Bertz CT molecular complexity index is 759. The van der Waals surface area contributed by atoms with Crippen LogP contribution in [0.5, 0.6) is 0 Å². The third-order valence-electron chi connectivity index (χ3n) is 2.89. The Morgan fingerprint density at radius 3 is 2.89 bits per heavy atom. The Labute approximate surface area is 113 Å². The molecule has 96 valence electrons. The van der Waals surface area contributed by atoms with E-state index in [1.54, 1.807) is 19.3 Å². The normalized spacial score (nSPS) is 10.8. The molecule has 0 aliphatic rings. The van der Waals surface area contributed by atoms with E-state index in [1.807, 2.05) is 25.1 Å². The second-order valence-corrected chi connectivity index (χ2v) is 5.27. The maximum absolute atomic E-state index is 12.1. The fourth-order valence-corrected chi connectivity index (χ4v) is 2.84. The molecule has 2 heterocycles. The van der Waals surface area contributed by atoms with E-state index in [9.17, 15) is 4.79 Å². The van der Waals surface area contributed by atoms with Gasteiger partial charge in [0.15, 0.2) is 5.13 Å². The van der Waals surface area contributed by atoms with Gasteiger partial charge in [-0.1, -0.05) is 23.5 Å².